The second kappa shape index (κ2) is 7.06. The van der Waals surface area contributed by atoms with Gasteiger partial charge < -0.3 is 5.32 Å². The molecule has 0 saturated heterocycles. The van der Waals surface area contributed by atoms with Crippen molar-refractivity contribution in [1.82, 2.24) is 5.32 Å². The first-order valence-corrected chi connectivity index (χ1v) is 6.20. The number of aryl methyl sites for hydroxylation is 1. The number of rotatable bonds is 7. The molecule has 1 rings (SSSR count). The lowest BCUT2D eigenvalue weighted by molar-refractivity contribution is -0.387. The Bertz CT molecular complexity index is 410. The SMILES string of the molecule is CCCNC(C)CCc1ccc([N+](=O)[O-])c(F)c1. The highest BCUT2D eigenvalue weighted by Gasteiger charge is 2.13. The van der Waals surface area contributed by atoms with Crippen LogP contribution in [0.1, 0.15) is 32.3 Å². The van der Waals surface area contributed by atoms with Gasteiger partial charge in [-0.15, -0.1) is 0 Å². The van der Waals surface area contributed by atoms with Gasteiger partial charge in [0.05, 0.1) is 4.92 Å². The summed E-state index contributed by atoms with van der Waals surface area (Å²) in [4.78, 5) is 9.77. The van der Waals surface area contributed by atoms with Crippen molar-refractivity contribution in [1.29, 1.82) is 0 Å². The number of nitro groups is 1. The van der Waals surface area contributed by atoms with Crippen LogP contribution < -0.4 is 5.32 Å². The highest BCUT2D eigenvalue weighted by atomic mass is 19.1. The summed E-state index contributed by atoms with van der Waals surface area (Å²) in [5.41, 5.74) is 0.333. The second-order valence-corrected chi connectivity index (χ2v) is 4.44. The summed E-state index contributed by atoms with van der Waals surface area (Å²) >= 11 is 0. The minimum Gasteiger partial charge on any atom is -0.314 e. The average molecular weight is 254 g/mol. The van der Waals surface area contributed by atoms with Crippen molar-refractivity contribution in [3.63, 3.8) is 0 Å². The van der Waals surface area contributed by atoms with Crippen molar-refractivity contribution in [3.8, 4) is 0 Å². The summed E-state index contributed by atoms with van der Waals surface area (Å²) in [6, 6.07) is 4.47. The fourth-order valence-corrected chi connectivity index (χ4v) is 1.73. The van der Waals surface area contributed by atoms with Crippen LogP contribution in [-0.4, -0.2) is 17.5 Å². The van der Waals surface area contributed by atoms with Crippen molar-refractivity contribution in [2.45, 2.75) is 39.2 Å². The first-order chi connectivity index (χ1) is 8.54. The molecule has 0 amide bonds. The third-order valence-corrected chi connectivity index (χ3v) is 2.82. The van der Waals surface area contributed by atoms with Gasteiger partial charge in [0, 0.05) is 12.1 Å². The summed E-state index contributed by atoms with van der Waals surface area (Å²) < 4.78 is 13.4. The summed E-state index contributed by atoms with van der Waals surface area (Å²) in [6.07, 6.45) is 2.68. The first-order valence-electron chi connectivity index (χ1n) is 6.20. The molecule has 18 heavy (non-hydrogen) atoms. The van der Waals surface area contributed by atoms with Crippen LogP contribution in [0, 0.1) is 15.9 Å². The van der Waals surface area contributed by atoms with E-state index in [4.69, 9.17) is 0 Å². The molecule has 0 aliphatic carbocycles. The van der Waals surface area contributed by atoms with Gasteiger partial charge in [-0.3, -0.25) is 10.1 Å². The molecule has 100 valence electrons. The molecule has 0 fully saturated rings. The number of hydrogen-bond acceptors (Lipinski definition) is 3. The summed E-state index contributed by atoms with van der Waals surface area (Å²) in [6.45, 7) is 5.15. The lowest BCUT2D eigenvalue weighted by Gasteiger charge is -2.12. The van der Waals surface area contributed by atoms with Gasteiger partial charge in [-0.05, 0) is 44.4 Å². The van der Waals surface area contributed by atoms with Gasteiger partial charge in [-0.2, -0.15) is 4.39 Å². The van der Waals surface area contributed by atoms with E-state index < -0.39 is 16.4 Å². The standard InChI is InChI=1S/C13H19FN2O2/c1-3-8-15-10(2)4-5-11-6-7-13(16(17)18)12(14)9-11/h6-7,9-10,15H,3-5,8H2,1-2H3. The van der Waals surface area contributed by atoms with Crippen LogP contribution in [0.3, 0.4) is 0 Å². The fourth-order valence-electron chi connectivity index (χ4n) is 1.73. The Kier molecular flexibility index (Phi) is 5.71. The third kappa shape index (κ3) is 4.41. The molecule has 0 saturated carbocycles. The van der Waals surface area contributed by atoms with E-state index in [1.807, 2.05) is 0 Å². The normalized spacial score (nSPS) is 12.4. The number of nitrogens with zero attached hydrogens (tertiary/aromatic N) is 1. The van der Waals surface area contributed by atoms with Crippen LogP contribution in [0.15, 0.2) is 18.2 Å². The van der Waals surface area contributed by atoms with Crippen molar-refractivity contribution in [2.75, 3.05) is 6.54 Å². The Morgan fingerprint density at radius 3 is 2.78 bits per heavy atom. The molecule has 1 N–H and O–H groups in total. The monoisotopic (exact) mass is 254 g/mol. The third-order valence-electron chi connectivity index (χ3n) is 2.82. The minimum absolute atomic E-state index is 0.364. The van der Waals surface area contributed by atoms with Crippen LogP contribution >= 0.6 is 0 Å². The molecule has 0 bridgehead atoms. The lowest BCUT2D eigenvalue weighted by Crippen LogP contribution is -2.27. The summed E-state index contributed by atoms with van der Waals surface area (Å²) in [7, 11) is 0. The Hall–Kier alpha value is -1.49. The van der Waals surface area contributed by atoms with Gasteiger partial charge in [0.1, 0.15) is 0 Å². The molecular formula is C13H19FN2O2. The molecule has 1 atom stereocenters. The quantitative estimate of drug-likeness (QED) is 0.601. The fraction of sp³-hybridized carbons (Fsp3) is 0.538. The maximum absolute atomic E-state index is 13.4. The van der Waals surface area contributed by atoms with Crippen molar-refractivity contribution < 1.29 is 9.31 Å². The largest absolute Gasteiger partial charge is 0.314 e. The summed E-state index contributed by atoms with van der Waals surface area (Å²) in [5, 5.41) is 13.8. The van der Waals surface area contributed by atoms with E-state index in [1.54, 1.807) is 6.07 Å². The summed E-state index contributed by atoms with van der Waals surface area (Å²) in [5.74, 6) is -0.758. The molecule has 1 unspecified atom stereocenters. The Morgan fingerprint density at radius 1 is 1.50 bits per heavy atom. The highest BCUT2D eigenvalue weighted by molar-refractivity contribution is 5.35. The van der Waals surface area contributed by atoms with E-state index in [-0.39, 0.29) is 0 Å². The zero-order valence-corrected chi connectivity index (χ0v) is 10.8. The number of halogens is 1. The van der Waals surface area contributed by atoms with Crippen LogP contribution in [0.5, 0.6) is 0 Å². The number of nitrogens with one attached hydrogen (secondary N) is 1. The van der Waals surface area contributed by atoms with Gasteiger partial charge in [0.25, 0.3) is 0 Å². The predicted molar refractivity (Wildman–Crippen MR) is 69.1 cm³/mol. The topological polar surface area (TPSA) is 55.2 Å². The van der Waals surface area contributed by atoms with Crippen molar-refractivity contribution in [3.05, 3.63) is 39.7 Å². The molecule has 0 heterocycles. The molecule has 1 aromatic rings. The average Bonchev–Trinajstić information content (AvgIpc) is 2.33. The van der Waals surface area contributed by atoms with Gasteiger partial charge in [-0.1, -0.05) is 13.0 Å². The van der Waals surface area contributed by atoms with Crippen LogP contribution in [-0.2, 0) is 6.42 Å². The number of benzene rings is 1. The van der Waals surface area contributed by atoms with E-state index >= 15 is 0 Å². The van der Waals surface area contributed by atoms with Crippen LogP contribution in [0.25, 0.3) is 0 Å². The van der Waals surface area contributed by atoms with E-state index in [0.717, 1.165) is 24.9 Å². The predicted octanol–water partition coefficient (Wildman–Crippen LogP) is 3.05. The first kappa shape index (κ1) is 14.6. The van der Waals surface area contributed by atoms with Gasteiger partial charge in [0.2, 0.25) is 5.82 Å². The molecular weight excluding hydrogens is 235 g/mol. The second-order valence-electron chi connectivity index (χ2n) is 4.44. The highest BCUT2D eigenvalue weighted by Crippen LogP contribution is 2.19. The smallest absolute Gasteiger partial charge is 0.304 e. The maximum Gasteiger partial charge on any atom is 0.304 e. The Labute approximate surface area is 106 Å². The van der Waals surface area contributed by atoms with E-state index in [1.165, 1.54) is 12.1 Å². The number of nitro benzene ring substituents is 1. The zero-order valence-electron chi connectivity index (χ0n) is 10.8. The van der Waals surface area contributed by atoms with Crippen LogP contribution in [0.2, 0.25) is 0 Å². The lowest BCUT2D eigenvalue weighted by atomic mass is 10.1. The van der Waals surface area contributed by atoms with E-state index in [0.29, 0.717) is 12.5 Å². The van der Waals surface area contributed by atoms with Crippen molar-refractivity contribution >= 4 is 5.69 Å². The molecule has 0 spiro atoms. The molecule has 0 aromatic heterocycles. The van der Waals surface area contributed by atoms with Gasteiger partial charge in [-0.25, -0.2) is 0 Å². The molecule has 1 aromatic carbocycles. The Morgan fingerprint density at radius 2 is 2.22 bits per heavy atom. The molecule has 0 radical (unpaired) electrons. The van der Waals surface area contributed by atoms with Gasteiger partial charge >= 0.3 is 5.69 Å². The Balaban J connectivity index is 2.53. The molecule has 0 aliphatic rings. The zero-order chi connectivity index (χ0) is 13.5. The minimum atomic E-state index is -0.758. The van der Waals surface area contributed by atoms with Crippen LogP contribution in [0.4, 0.5) is 10.1 Å². The number of hydrogen-bond donors (Lipinski definition) is 1. The maximum atomic E-state index is 13.4. The molecule has 5 heteroatoms. The van der Waals surface area contributed by atoms with Crippen molar-refractivity contribution in [2.24, 2.45) is 0 Å². The molecule has 0 aliphatic heterocycles. The van der Waals surface area contributed by atoms with Gasteiger partial charge in [0.15, 0.2) is 0 Å². The van der Waals surface area contributed by atoms with E-state index in [9.17, 15) is 14.5 Å². The van der Waals surface area contributed by atoms with E-state index in [2.05, 4.69) is 19.2 Å². The molecule has 4 nitrogen and oxygen atoms in total.